The molecule has 1 aromatic heterocycles. The molecule has 0 unspecified atom stereocenters. The first-order valence-corrected chi connectivity index (χ1v) is 10.9. The zero-order valence-corrected chi connectivity index (χ0v) is 19.8. The normalized spacial score (nSPS) is 25.5. The van der Waals surface area contributed by atoms with Crippen molar-refractivity contribution in [1.82, 2.24) is 25.6 Å². The molecular weight excluding hydrogens is 380 g/mol. The minimum atomic E-state index is 0.0118. The van der Waals surface area contributed by atoms with Crippen LogP contribution in [0, 0.1) is 0 Å². The number of nitrogens with zero attached hydrogens (tertiary/aromatic N) is 3. The molecule has 2 fully saturated rings. The van der Waals surface area contributed by atoms with Crippen molar-refractivity contribution in [3.05, 3.63) is 0 Å². The molecule has 170 valence electrons. The second-order valence-corrected chi connectivity index (χ2v) is 11.7. The molecule has 0 amide bonds. The summed E-state index contributed by atoms with van der Waals surface area (Å²) in [5, 5.41) is 23.8. The Labute approximate surface area is 180 Å². The van der Waals surface area contributed by atoms with Crippen LogP contribution < -0.4 is 26.7 Å². The van der Waals surface area contributed by atoms with Gasteiger partial charge < -0.3 is 21.3 Å². The lowest BCUT2D eigenvalue weighted by molar-refractivity contribution is 0.170. The summed E-state index contributed by atoms with van der Waals surface area (Å²) >= 11 is 0. The maximum atomic E-state index is 9.45. The minimum Gasteiger partial charge on any atom is -0.351 e. The van der Waals surface area contributed by atoms with Gasteiger partial charge >= 0.3 is 0 Å². The van der Waals surface area contributed by atoms with Crippen LogP contribution >= 0.6 is 0 Å². The molecule has 3 rings (SSSR count). The van der Waals surface area contributed by atoms with E-state index >= 15 is 0 Å². The zero-order valence-electron chi connectivity index (χ0n) is 19.8. The van der Waals surface area contributed by atoms with Crippen LogP contribution in [0.3, 0.4) is 0 Å². The summed E-state index contributed by atoms with van der Waals surface area (Å²) in [6.07, 6.45) is 3.79. The van der Waals surface area contributed by atoms with E-state index in [1.165, 1.54) is 0 Å². The van der Waals surface area contributed by atoms with E-state index < -0.39 is 0 Å². The monoisotopic (exact) mass is 420 g/mol. The summed E-state index contributed by atoms with van der Waals surface area (Å²) in [7, 11) is 0. The third-order valence-electron chi connectivity index (χ3n) is 5.78. The van der Waals surface area contributed by atoms with Crippen molar-refractivity contribution < 1.29 is 5.21 Å². The fraction of sp³-hybridized carbons (Fsp3) is 0.857. The maximum absolute atomic E-state index is 9.45. The van der Waals surface area contributed by atoms with E-state index in [-0.39, 0.29) is 40.2 Å². The molecule has 2 aliphatic rings. The largest absolute Gasteiger partial charge is 0.351 e. The minimum absolute atomic E-state index is 0.0118. The highest BCUT2D eigenvalue weighted by Gasteiger charge is 2.39. The molecule has 2 aliphatic heterocycles. The Kier molecular flexibility index (Phi) is 5.94. The van der Waals surface area contributed by atoms with E-state index in [2.05, 4.69) is 97.1 Å². The Bertz CT molecular complexity index is 671. The second-order valence-electron chi connectivity index (χ2n) is 11.7. The maximum Gasteiger partial charge on any atom is 0.253 e. The van der Waals surface area contributed by atoms with Gasteiger partial charge in [-0.15, -0.1) is 0 Å². The van der Waals surface area contributed by atoms with Gasteiger partial charge in [-0.25, -0.2) is 5.48 Å². The predicted molar refractivity (Wildman–Crippen MR) is 121 cm³/mol. The smallest absolute Gasteiger partial charge is 0.253 e. The molecule has 9 heteroatoms. The molecule has 0 radical (unpaired) electrons. The fourth-order valence-corrected chi connectivity index (χ4v) is 5.77. The van der Waals surface area contributed by atoms with Crippen LogP contribution in [0.1, 0.15) is 81.1 Å². The van der Waals surface area contributed by atoms with E-state index in [4.69, 9.17) is 0 Å². The van der Waals surface area contributed by atoms with Crippen LogP contribution in [0.25, 0.3) is 0 Å². The SMILES string of the molecule is CC1(C)CC(Nc2nc(NO)nc(NC3CC(C)(C)NC(C)(C)C3)n2)CC(C)(C)N1. The topological polar surface area (TPSA) is 119 Å². The van der Waals surface area contributed by atoms with Crippen LogP contribution in [-0.2, 0) is 0 Å². The van der Waals surface area contributed by atoms with Gasteiger partial charge in [0.25, 0.3) is 5.95 Å². The lowest BCUT2D eigenvalue weighted by Crippen LogP contribution is -2.60. The lowest BCUT2D eigenvalue weighted by Gasteiger charge is -2.46. The number of hydrogen-bond acceptors (Lipinski definition) is 9. The predicted octanol–water partition coefficient (Wildman–Crippen LogP) is 3.11. The first-order chi connectivity index (χ1) is 13.7. The van der Waals surface area contributed by atoms with Crippen molar-refractivity contribution in [2.75, 3.05) is 16.1 Å². The number of aromatic nitrogens is 3. The van der Waals surface area contributed by atoms with E-state index in [1.54, 1.807) is 0 Å². The van der Waals surface area contributed by atoms with E-state index in [0.717, 1.165) is 25.7 Å². The number of rotatable bonds is 5. The van der Waals surface area contributed by atoms with Crippen LogP contribution in [0.15, 0.2) is 0 Å². The molecule has 6 N–H and O–H groups in total. The number of nitrogens with one attached hydrogen (secondary N) is 5. The van der Waals surface area contributed by atoms with Gasteiger partial charge in [0, 0.05) is 34.2 Å². The average molecular weight is 421 g/mol. The van der Waals surface area contributed by atoms with Crippen molar-refractivity contribution >= 4 is 17.8 Å². The Hall–Kier alpha value is -1.71. The molecule has 0 bridgehead atoms. The Balaban J connectivity index is 1.77. The molecule has 30 heavy (non-hydrogen) atoms. The summed E-state index contributed by atoms with van der Waals surface area (Å²) < 4.78 is 0. The molecule has 0 aromatic carbocycles. The Morgan fingerprint density at radius 3 is 1.23 bits per heavy atom. The van der Waals surface area contributed by atoms with Gasteiger partial charge in [0.05, 0.1) is 0 Å². The molecular formula is C21H40N8O. The first kappa shape index (κ1) is 23.0. The molecule has 0 spiro atoms. The van der Waals surface area contributed by atoms with Gasteiger partial charge in [-0.2, -0.15) is 15.0 Å². The molecule has 0 saturated carbocycles. The van der Waals surface area contributed by atoms with Crippen molar-refractivity contribution in [1.29, 1.82) is 0 Å². The summed E-state index contributed by atoms with van der Waals surface area (Å²) in [4.78, 5) is 13.3. The van der Waals surface area contributed by atoms with Crippen molar-refractivity contribution in [2.45, 2.75) is 115 Å². The molecule has 9 nitrogen and oxygen atoms in total. The molecule has 1 aromatic rings. The summed E-state index contributed by atoms with van der Waals surface area (Å²) in [6, 6.07) is 0.435. The van der Waals surface area contributed by atoms with Crippen LogP contribution in [0.2, 0.25) is 0 Å². The standard InChI is InChI=1S/C21H40N8O/c1-18(2)9-13(10-19(3,4)28-18)22-15-24-16(26-17(25-15)27-30)23-14-11-20(5,6)29-21(7,8)12-14/h13-14,28-30H,9-12H2,1-8H3,(H3,22,23,24,25,26,27). The highest BCUT2D eigenvalue weighted by molar-refractivity contribution is 5.42. The van der Waals surface area contributed by atoms with Gasteiger partial charge in [-0.05, 0) is 81.1 Å². The summed E-state index contributed by atoms with van der Waals surface area (Å²) in [6.45, 7) is 17.7. The van der Waals surface area contributed by atoms with Gasteiger partial charge in [0.2, 0.25) is 11.9 Å². The zero-order chi connectivity index (χ0) is 22.4. The van der Waals surface area contributed by atoms with Crippen molar-refractivity contribution in [3.63, 3.8) is 0 Å². The Morgan fingerprint density at radius 2 is 0.933 bits per heavy atom. The highest BCUT2D eigenvalue weighted by Crippen LogP contribution is 2.32. The van der Waals surface area contributed by atoms with Crippen LogP contribution in [0.5, 0.6) is 0 Å². The summed E-state index contributed by atoms with van der Waals surface area (Å²) in [5.41, 5.74) is 2.13. The van der Waals surface area contributed by atoms with Gasteiger partial charge in [-0.1, -0.05) is 0 Å². The second kappa shape index (κ2) is 7.76. The van der Waals surface area contributed by atoms with E-state index in [0.29, 0.717) is 11.9 Å². The fourth-order valence-electron chi connectivity index (χ4n) is 5.77. The third-order valence-corrected chi connectivity index (χ3v) is 5.78. The Morgan fingerprint density at radius 1 is 0.633 bits per heavy atom. The number of hydrogen-bond donors (Lipinski definition) is 6. The molecule has 0 aliphatic carbocycles. The first-order valence-electron chi connectivity index (χ1n) is 10.9. The average Bonchev–Trinajstić information content (AvgIpc) is 2.47. The van der Waals surface area contributed by atoms with Crippen molar-refractivity contribution in [2.24, 2.45) is 0 Å². The molecule has 3 heterocycles. The van der Waals surface area contributed by atoms with Crippen LogP contribution in [0.4, 0.5) is 17.8 Å². The number of piperidine rings is 2. The van der Waals surface area contributed by atoms with E-state index in [1.807, 2.05) is 0 Å². The van der Waals surface area contributed by atoms with E-state index in [9.17, 15) is 5.21 Å². The lowest BCUT2D eigenvalue weighted by atomic mass is 9.79. The molecule has 2 saturated heterocycles. The number of anilines is 3. The van der Waals surface area contributed by atoms with Crippen molar-refractivity contribution in [3.8, 4) is 0 Å². The van der Waals surface area contributed by atoms with Gasteiger partial charge in [-0.3, -0.25) is 5.21 Å². The van der Waals surface area contributed by atoms with Gasteiger partial charge in [0.1, 0.15) is 0 Å². The third kappa shape index (κ3) is 6.15. The quantitative estimate of drug-likeness (QED) is 0.399. The molecule has 0 atom stereocenters. The summed E-state index contributed by atoms with van der Waals surface area (Å²) in [5.74, 6) is 1.07. The van der Waals surface area contributed by atoms with Crippen LogP contribution in [-0.4, -0.2) is 54.4 Å². The van der Waals surface area contributed by atoms with Gasteiger partial charge in [0.15, 0.2) is 0 Å². The highest BCUT2D eigenvalue weighted by atomic mass is 16.5.